The molecule has 0 radical (unpaired) electrons. The summed E-state index contributed by atoms with van der Waals surface area (Å²) in [4.78, 5) is 0. The average Bonchev–Trinajstić information content (AvgIpc) is 2.23. The molecule has 0 amide bonds. The number of alkyl halides is 1. The summed E-state index contributed by atoms with van der Waals surface area (Å²) >= 11 is 16.6. The van der Waals surface area contributed by atoms with E-state index in [-0.39, 0.29) is 4.03 Å². The lowest BCUT2D eigenvalue weighted by molar-refractivity contribution is 0.322. The maximum Gasteiger partial charge on any atom is 0.103 e. The molecular weight excluding hydrogens is 527 g/mol. The normalized spacial score (nSPS) is 9.00. The lowest BCUT2D eigenvalue weighted by atomic mass is 10.9. The molecule has 0 bridgehead atoms. The summed E-state index contributed by atoms with van der Waals surface area (Å²) in [6.07, 6.45) is 0. The van der Waals surface area contributed by atoms with Gasteiger partial charge >= 0.3 is 0 Å². The molecule has 0 heterocycles. The summed E-state index contributed by atoms with van der Waals surface area (Å²) in [5.41, 5.74) is 0. The van der Waals surface area contributed by atoms with E-state index in [1.54, 1.807) is 11.8 Å². The molecule has 0 saturated heterocycles. The molecule has 1 N–H and O–H groups in total. The molecule has 8 heteroatoms. The van der Waals surface area contributed by atoms with Crippen LogP contribution in [0, 0.1) is 0 Å². The molecule has 102 valence electrons. The van der Waals surface area contributed by atoms with E-state index < -0.39 is 0 Å². The first-order valence-corrected chi connectivity index (χ1v) is 15.5. The summed E-state index contributed by atoms with van der Waals surface area (Å²) < 4.78 is -0.183. The molecule has 0 spiro atoms. The zero-order valence-electron chi connectivity index (χ0n) is 9.47. The van der Waals surface area contributed by atoms with Crippen LogP contribution in [0.1, 0.15) is 13.8 Å². The van der Waals surface area contributed by atoms with Gasteiger partial charge in [-0.1, -0.05) is 29.8 Å². The smallest absolute Gasteiger partial charge is 0.103 e. The van der Waals surface area contributed by atoms with Crippen LogP contribution < -0.4 is 0 Å². The molecule has 0 aliphatic carbocycles. The van der Waals surface area contributed by atoms with Crippen LogP contribution in [0.4, 0.5) is 0 Å². The van der Waals surface area contributed by atoms with E-state index in [1.165, 1.54) is 11.5 Å². The van der Waals surface area contributed by atoms with Crippen LogP contribution in [0.3, 0.4) is 0 Å². The van der Waals surface area contributed by atoms with Gasteiger partial charge in [0.05, 0.1) is 6.61 Å². The van der Waals surface area contributed by atoms with E-state index in [0.29, 0.717) is 6.61 Å². The van der Waals surface area contributed by atoms with Crippen LogP contribution in [-0.4, -0.2) is 40.1 Å². The van der Waals surface area contributed by atoms with Gasteiger partial charge in [0.15, 0.2) is 0 Å². The number of rotatable bonds is 6. The maximum absolute atomic E-state index is 8.18. The van der Waals surface area contributed by atoms with Gasteiger partial charge in [-0.3, -0.25) is 0 Å². The minimum absolute atomic E-state index is 0.183. The Hall–Kier alpha value is 3.01. The van der Waals surface area contributed by atoms with Crippen molar-refractivity contribution < 1.29 is 5.11 Å². The van der Waals surface area contributed by atoms with Crippen molar-refractivity contribution in [2.75, 3.05) is 34.9 Å². The fourth-order valence-corrected chi connectivity index (χ4v) is 1.91. The Morgan fingerprint density at radius 1 is 1.00 bits per heavy atom. The number of aliphatic hydroxyl groups excluding tert-OH is 1. The molecule has 0 aliphatic heterocycles. The summed E-state index contributed by atoms with van der Waals surface area (Å²) in [5.74, 6) is 4.49. The minimum atomic E-state index is -0.183. The lowest BCUT2D eigenvalue weighted by Crippen LogP contribution is -1.84. The Morgan fingerprint density at radius 2 is 1.38 bits per heavy atom. The van der Waals surface area contributed by atoms with Crippen LogP contribution in [0.5, 0.6) is 0 Å². The number of thioether (sulfide) groups is 2. The number of aliphatic hydroxyl groups is 1. The fourth-order valence-electron chi connectivity index (χ4n) is 0.408. The monoisotopic (exact) mass is 542 g/mol. The standard InChI is InChI=1S/C4H9BrS.C4H10OS.Br3P/c2*1-2-6-4-3-5;1-4(2)3/h2-4H2,1H3;5H,2-4H2,1H3;. The first-order chi connectivity index (χ1) is 7.56. The second-order valence-electron chi connectivity index (χ2n) is 2.00. The predicted molar refractivity (Wildman–Crippen MR) is 101 cm³/mol. The molecular formula is C8H19Br4OPS2. The minimum Gasteiger partial charge on any atom is -0.396 e. The highest BCUT2D eigenvalue weighted by atomic mass is 80.0. The van der Waals surface area contributed by atoms with Gasteiger partial charge in [-0.25, -0.2) is 0 Å². The first-order valence-electron chi connectivity index (χ1n) is 4.66. The van der Waals surface area contributed by atoms with E-state index in [2.05, 4.69) is 76.2 Å². The molecule has 16 heavy (non-hydrogen) atoms. The van der Waals surface area contributed by atoms with Gasteiger partial charge in [-0.2, -0.15) is 23.5 Å². The molecule has 0 atom stereocenters. The van der Waals surface area contributed by atoms with Crippen molar-refractivity contribution in [3.05, 3.63) is 0 Å². The Balaban J connectivity index is -0.000000162. The van der Waals surface area contributed by atoms with Crippen molar-refractivity contribution >= 4 is 90.0 Å². The summed E-state index contributed by atoms with van der Waals surface area (Å²) in [5, 5.41) is 9.31. The zero-order valence-corrected chi connectivity index (χ0v) is 18.3. The number of hydrogen-bond acceptors (Lipinski definition) is 3. The van der Waals surface area contributed by atoms with Crippen molar-refractivity contribution in [1.29, 1.82) is 0 Å². The van der Waals surface area contributed by atoms with Crippen LogP contribution in [0.15, 0.2) is 0 Å². The van der Waals surface area contributed by atoms with Gasteiger partial charge in [0.2, 0.25) is 0 Å². The summed E-state index contributed by atoms with van der Waals surface area (Å²) in [7, 11) is 0. The Morgan fingerprint density at radius 3 is 1.50 bits per heavy atom. The molecule has 0 aromatic heterocycles. The van der Waals surface area contributed by atoms with Gasteiger partial charge in [0.25, 0.3) is 0 Å². The van der Waals surface area contributed by atoms with Gasteiger partial charge in [-0.05, 0) is 58.0 Å². The van der Waals surface area contributed by atoms with E-state index in [4.69, 9.17) is 5.11 Å². The topological polar surface area (TPSA) is 20.2 Å². The third-order valence-corrected chi connectivity index (χ3v) is 3.57. The third kappa shape index (κ3) is 53.7. The van der Waals surface area contributed by atoms with Gasteiger partial charge < -0.3 is 5.11 Å². The van der Waals surface area contributed by atoms with Crippen LogP contribution in [0.2, 0.25) is 0 Å². The second kappa shape index (κ2) is 26.5. The number of hydrogen-bond donors (Lipinski definition) is 1. The van der Waals surface area contributed by atoms with Crippen molar-refractivity contribution in [1.82, 2.24) is 0 Å². The van der Waals surface area contributed by atoms with E-state index >= 15 is 0 Å². The van der Waals surface area contributed by atoms with Crippen LogP contribution >= 0.6 is 90.0 Å². The van der Waals surface area contributed by atoms with Gasteiger partial charge in [0, 0.05) is 16.8 Å². The van der Waals surface area contributed by atoms with E-state index in [9.17, 15) is 0 Å². The fraction of sp³-hybridized carbons (Fsp3) is 1.00. The molecule has 1 nitrogen and oxygen atoms in total. The molecule has 0 aromatic carbocycles. The van der Waals surface area contributed by atoms with Crippen molar-refractivity contribution in [3.8, 4) is 0 Å². The third-order valence-electron chi connectivity index (χ3n) is 0.865. The highest BCUT2D eigenvalue weighted by Gasteiger charge is 1.77. The van der Waals surface area contributed by atoms with Crippen molar-refractivity contribution in [2.24, 2.45) is 0 Å². The largest absolute Gasteiger partial charge is 0.396 e. The van der Waals surface area contributed by atoms with Gasteiger partial charge in [-0.15, -0.1) is 0 Å². The lowest BCUT2D eigenvalue weighted by Gasteiger charge is -1.86. The quantitative estimate of drug-likeness (QED) is 0.242. The summed E-state index contributed by atoms with van der Waals surface area (Å²) in [6.45, 7) is 4.58. The predicted octanol–water partition coefficient (Wildman–Crippen LogP) is 6.26. The van der Waals surface area contributed by atoms with Crippen LogP contribution in [-0.2, 0) is 0 Å². The zero-order chi connectivity index (χ0) is 13.2. The second-order valence-corrected chi connectivity index (χ2v) is 20.9. The highest BCUT2D eigenvalue weighted by molar-refractivity contribution is 9.93. The van der Waals surface area contributed by atoms with Crippen molar-refractivity contribution in [2.45, 2.75) is 13.8 Å². The average molecular weight is 546 g/mol. The van der Waals surface area contributed by atoms with E-state index in [1.807, 2.05) is 11.8 Å². The molecule has 0 fully saturated rings. The Kier molecular flexibility index (Phi) is 39.9. The highest BCUT2D eigenvalue weighted by Crippen LogP contribution is 2.59. The Bertz CT molecular complexity index is 85.4. The maximum atomic E-state index is 8.18. The molecule has 0 aliphatic rings. The van der Waals surface area contributed by atoms with Gasteiger partial charge in [0.1, 0.15) is 4.03 Å². The molecule has 0 saturated carbocycles. The molecule has 0 unspecified atom stereocenters. The Labute approximate surface area is 142 Å². The SMILES string of the molecule is BrP(Br)Br.CCSCCBr.CCSCCO. The van der Waals surface area contributed by atoms with Crippen molar-refractivity contribution in [3.63, 3.8) is 0 Å². The molecule has 0 aromatic rings. The summed E-state index contributed by atoms with van der Waals surface area (Å²) in [6, 6.07) is 0. The first kappa shape index (κ1) is 24.1. The number of halogens is 4. The van der Waals surface area contributed by atoms with E-state index in [0.717, 1.165) is 16.8 Å². The molecule has 0 rings (SSSR count). The van der Waals surface area contributed by atoms with Crippen LogP contribution in [0.25, 0.3) is 0 Å².